The van der Waals surface area contributed by atoms with Gasteiger partial charge < -0.3 is 25.4 Å². The second-order valence-electron chi connectivity index (χ2n) is 7.75. The van der Waals surface area contributed by atoms with Crippen LogP contribution in [0.5, 0.6) is 0 Å². The smallest absolute Gasteiger partial charge is 0.378 e. The van der Waals surface area contributed by atoms with Gasteiger partial charge in [0.25, 0.3) is 5.91 Å². The fraction of sp³-hybridized carbons (Fsp3) is 0.381. The van der Waals surface area contributed by atoms with Crippen molar-refractivity contribution in [2.24, 2.45) is 0 Å². The van der Waals surface area contributed by atoms with Crippen LogP contribution in [0.3, 0.4) is 0 Å². The van der Waals surface area contributed by atoms with E-state index in [1.807, 2.05) is 4.90 Å². The zero-order valence-electron chi connectivity index (χ0n) is 18.8. The topological polar surface area (TPSA) is 125 Å². The van der Waals surface area contributed by atoms with Crippen LogP contribution in [0, 0.1) is 0 Å². The molecule has 192 valence electrons. The van der Waals surface area contributed by atoms with Gasteiger partial charge in [-0.2, -0.15) is 13.2 Å². The molecule has 10 nitrogen and oxygen atoms in total. The minimum absolute atomic E-state index is 0.186. The number of ether oxygens (including phenoxy) is 1. The number of carbonyl (C=O) groups is 1. The van der Waals surface area contributed by atoms with Crippen LogP contribution in [0.1, 0.15) is 45.1 Å². The van der Waals surface area contributed by atoms with Crippen LogP contribution >= 0.6 is 22.9 Å². The van der Waals surface area contributed by atoms with Crippen molar-refractivity contribution in [1.82, 2.24) is 25.3 Å². The molecule has 0 saturated carbocycles. The van der Waals surface area contributed by atoms with Crippen molar-refractivity contribution in [2.75, 3.05) is 36.5 Å². The Hall–Kier alpha value is -3.07. The number of pyridine rings is 1. The van der Waals surface area contributed by atoms with Gasteiger partial charge in [-0.15, -0.1) is 11.3 Å². The molecule has 0 spiro atoms. The van der Waals surface area contributed by atoms with Crippen molar-refractivity contribution < 1.29 is 27.8 Å². The molecule has 0 aliphatic carbocycles. The molecule has 15 heteroatoms. The number of aromatic nitrogens is 4. The molecule has 1 amide bonds. The molecule has 1 fully saturated rings. The van der Waals surface area contributed by atoms with E-state index in [1.165, 1.54) is 12.5 Å². The number of anilines is 2. The van der Waals surface area contributed by atoms with Gasteiger partial charge in [0.15, 0.2) is 6.23 Å². The summed E-state index contributed by atoms with van der Waals surface area (Å²) < 4.78 is 44.5. The highest BCUT2D eigenvalue weighted by Crippen LogP contribution is 2.36. The van der Waals surface area contributed by atoms with Crippen molar-refractivity contribution in [3.8, 4) is 0 Å². The lowest BCUT2D eigenvalue weighted by Crippen LogP contribution is -2.37. The zero-order valence-corrected chi connectivity index (χ0v) is 20.4. The number of nitrogens with zero attached hydrogens (tertiary/aromatic N) is 5. The van der Waals surface area contributed by atoms with Gasteiger partial charge in [-0.05, 0) is 13.0 Å². The number of morpholine rings is 1. The van der Waals surface area contributed by atoms with E-state index in [0.29, 0.717) is 48.1 Å². The molecule has 1 aliphatic heterocycles. The Morgan fingerprint density at radius 3 is 2.67 bits per heavy atom. The second-order valence-corrected chi connectivity index (χ2v) is 9.25. The lowest BCUT2D eigenvalue weighted by molar-refractivity contribution is -0.137. The number of aliphatic hydroxyl groups excluding tert-OH is 1. The standard InChI is InChI=1S/C21H21ClF3N7O3S/c1-11(30-18(33)14-7-17(29-10-28-14)32-2-4-35-5-3-32)20-27-9-15(36-20)19(34)31-16-6-12(21(23,24)25)13(22)8-26-16/h6-11,19,34H,2-5H2,1H3,(H,26,31)(H,30,33)/t11-,19?/m1/s1. The van der Waals surface area contributed by atoms with Gasteiger partial charge in [-0.3, -0.25) is 4.79 Å². The van der Waals surface area contributed by atoms with Gasteiger partial charge in [0, 0.05) is 31.5 Å². The molecule has 1 aliphatic rings. The monoisotopic (exact) mass is 543 g/mol. The predicted octanol–water partition coefficient (Wildman–Crippen LogP) is 3.43. The van der Waals surface area contributed by atoms with Gasteiger partial charge in [0.2, 0.25) is 0 Å². The maximum absolute atomic E-state index is 13.1. The number of hydrogen-bond donors (Lipinski definition) is 3. The number of nitrogens with one attached hydrogen (secondary N) is 2. The molecule has 4 heterocycles. The van der Waals surface area contributed by atoms with Crippen LogP contribution in [-0.2, 0) is 10.9 Å². The molecule has 4 rings (SSSR count). The SMILES string of the molecule is C[C@@H](NC(=O)c1cc(N2CCOCC2)ncn1)c1ncc(C(O)Nc2cc(C(F)(F)F)c(Cl)cn2)s1. The summed E-state index contributed by atoms with van der Waals surface area (Å²) in [6, 6.07) is 1.78. The van der Waals surface area contributed by atoms with E-state index < -0.39 is 34.9 Å². The minimum atomic E-state index is -4.67. The average molecular weight is 544 g/mol. The van der Waals surface area contributed by atoms with Gasteiger partial charge in [0.1, 0.15) is 28.7 Å². The highest BCUT2D eigenvalue weighted by molar-refractivity contribution is 7.11. The summed E-state index contributed by atoms with van der Waals surface area (Å²) in [6.07, 6.45) is -2.51. The first-order chi connectivity index (χ1) is 17.1. The molecule has 1 saturated heterocycles. The molecule has 0 radical (unpaired) electrons. The Morgan fingerprint density at radius 2 is 1.94 bits per heavy atom. The van der Waals surface area contributed by atoms with Crippen molar-refractivity contribution >= 4 is 40.5 Å². The molecule has 2 atom stereocenters. The summed E-state index contributed by atoms with van der Waals surface area (Å²) in [7, 11) is 0. The van der Waals surface area contributed by atoms with E-state index in [-0.39, 0.29) is 11.5 Å². The Kier molecular flexibility index (Phi) is 7.88. The molecular formula is C21H21ClF3N7O3S. The molecule has 1 unspecified atom stereocenters. The lowest BCUT2D eigenvalue weighted by Gasteiger charge is -2.27. The van der Waals surface area contributed by atoms with E-state index in [4.69, 9.17) is 16.3 Å². The summed E-state index contributed by atoms with van der Waals surface area (Å²) in [6.45, 7) is 4.19. The molecule has 3 aromatic heterocycles. The van der Waals surface area contributed by atoms with Crippen molar-refractivity contribution in [3.63, 3.8) is 0 Å². The molecule has 0 bridgehead atoms. The third kappa shape index (κ3) is 6.19. The van der Waals surface area contributed by atoms with Gasteiger partial charge in [-0.25, -0.2) is 19.9 Å². The van der Waals surface area contributed by atoms with Crippen LogP contribution in [-0.4, -0.2) is 57.3 Å². The van der Waals surface area contributed by atoms with Crippen LogP contribution in [0.25, 0.3) is 0 Å². The molecular weight excluding hydrogens is 523 g/mol. The van der Waals surface area contributed by atoms with Gasteiger partial charge in [-0.1, -0.05) is 11.6 Å². The van der Waals surface area contributed by atoms with Crippen molar-refractivity contribution in [3.05, 3.63) is 57.0 Å². The summed E-state index contributed by atoms with van der Waals surface area (Å²) in [5.74, 6) is -0.0171. The second kappa shape index (κ2) is 10.9. The molecule has 0 aromatic carbocycles. The lowest BCUT2D eigenvalue weighted by atomic mass is 10.2. The van der Waals surface area contributed by atoms with E-state index in [2.05, 4.69) is 30.6 Å². The first-order valence-corrected chi connectivity index (χ1v) is 11.9. The number of rotatable bonds is 7. The number of amides is 1. The highest BCUT2D eigenvalue weighted by Gasteiger charge is 2.34. The summed E-state index contributed by atoms with van der Waals surface area (Å²) in [5, 5.41) is 15.6. The van der Waals surface area contributed by atoms with E-state index in [1.54, 1.807) is 13.0 Å². The Morgan fingerprint density at radius 1 is 1.19 bits per heavy atom. The maximum atomic E-state index is 13.1. The molecule has 36 heavy (non-hydrogen) atoms. The summed E-state index contributed by atoms with van der Waals surface area (Å²) in [4.78, 5) is 31.3. The third-order valence-corrected chi connectivity index (χ3v) is 6.73. The zero-order chi connectivity index (χ0) is 25.9. The van der Waals surface area contributed by atoms with Crippen molar-refractivity contribution in [1.29, 1.82) is 0 Å². The number of thiazole rings is 1. The quantitative estimate of drug-likeness (QED) is 0.384. The predicted molar refractivity (Wildman–Crippen MR) is 126 cm³/mol. The fourth-order valence-corrected chi connectivity index (χ4v) is 4.41. The van der Waals surface area contributed by atoms with Crippen LogP contribution in [0.2, 0.25) is 5.02 Å². The van der Waals surface area contributed by atoms with Crippen molar-refractivity contribution in [2.45, 2.75) is 25.4 Å². The van der Waals surface area contributed by atoms with Gasteiger partial charge >= 0.3 is 6.18 Å². The normalized spacial score (nSPS) is 15.9. The summed E-state index contributed by atoms with van der Waals surface area (Å²) >= 11 is 6.65. The van der Waals surface area contributed by atoms with Gasteiger partial charge in [0.05, 0.1) is 34.7 Å². The minimum Gasteiger partial charge on any atom is -0.378 e. The van der Waals surface area contributed by atoms with Crippen LogP contribution < -0.4 is 15.5 Å². The summed E-state index contributed by atoms with van der Waals surface area (Å²) in [5.41, 5.74) is -0.886. The first kappa shape index (κ1) is 26.0. The van der Waals surface area contributed by atoms with Crippen LogP contribution in [0.4, 0.5) is 24.8 Å². The molecule has 3 N–H and O–H groups in total. The number of hydrogen-bond acceptors (Lipinski definition) is 10. The third-order valence-electron chi connectivity index (χ3n) is 5.19. The maximum Gasteiger partial charge on any atom is 0.418 e. The molecule has 3 aromatic rings. The average Bonchev–Trinajstić information content (AvgIpc) is 3.36. The number of alkyl halides is 3. The Balaban J connectivity index is 1.39. The number of carbonyl (C=O) groups excluding carboxylic acids is 1. The number of aliphatic hydroxyl groups is 1. The van der Waals surface area contributed by atoms with E-state index in [9.17, 15) is 23.1 Å². The van der Waals surface area contributed by atoms with E-state index >= 15 is 0 Å². The van der Waals surface area contributed by atoms with Crippen LogP contribution in [0.15, 0.2) is 30.9 Å². The fourth-order valence-electron chi connectivity index (χ4n) is 3.34. The first-order valence-electron chi connectivity index (χ1n) is 10.7. The number of halogens is 4. The largest absolute Gasteiger partial charge is 0.418 e. The highest BCUT2D eigenvalue weighted by atomic mass is 35.5. The Bertz CT molecular complexity index is 1220. The van der Waals surface area contributed by atoms with E-state index in [0.717, 1.165) is 17.5 Å². The Labute approximate surface area is 212 Å².